The van der Waals surface area contributed by atoms with E-state index in [9.17, 15) is 9.90 Å². The first-order valence-electron chi connectivity index (χ1n) is 12.4. The lowest BCUT2D eigenvalue weighted by atomic mass is 9.55. The molecule has 32 heavy (non-hydrogen) atoms. The zero-order valence-corrected chi connectivity index (χ0v) is 20.0. The van der Waals surface area contributed by atoms with Crippen molar-refractivity contribution in [3.05, 3.63) is 41.0 Å². The molecular formula is C27H38N2O3. The zero-order chi connectivity index (χ0) is 22.6. The maximum atomic E-state index is 12.9. The van der Waals surface area contributed by atoms with Crippen LogP contribution in [0.1, 0.15) is 44.2 Å². The van der Waals surface area contributed by atoms with Crippen molar-refractivity contribution in [3.8, 4) is 0 Å². The molecule has 1 aromatic rings. The third kappa shape index (κ3) is 3.49. The molecule has 174 valence electrons. The van der Waals surface area contributed by atoms with Crippen molar-refractivity contribution in [3.63, 3.8) is 0 Å². The Bertz CT molecular complexity index is 919. The van der Waals surface area contributed by atoms with Crippen molar-refractivity contribution in [1.29, 1.82) is 0 Å². The molecule has 5 heteroatoms. The Morgan fingerprint density at radius 2 is 1.94 bits per heavy atom. The molecule has 1 aromatic carbocycles. The number of hydrogen-bond acceptors (Lipinski definition) is 5. The molecule has 6 atom stereocenters. The molecule has 0 radical (unpaired) electrons. The number of aliphatic hydroxyl groups is 1. The van der Waals surface area contributed by atoms with E-state index in [1.165, 1.54) is 22.4 Å². The van der Waals surface area contributed by atoms with Crippen LogP contribution in [0.4, 0.5) is 5.69 Å². The fraction of sp³-hybridized carbons (Fsp3) is 0.667. The van der Waals surface area contributed by atoms with Gasteiger partial charge in [0.25, 0.3) is 0 Å². The number of fused-ring (bicyclic) bond motifs is 2. The Morgan fingerprint density at radius 1 is 1.19 bits per heavy atom. The highest BCUT2D eigenvalue weighted by Crippen LogP contribution is 2.56. The standard InChI is InChI=1S/C27H38N2O3/c1-17-8-9-18(2)22(14-17)29-12-10-28(11-13-29)16-21-24-23(32-26(21)31)15-20-7-5-6-19(3)27(20,4)25(24)30/h7-9,14,19,21,23-25,30H,5-6,10-13,15-16H2,1-4H3/t19-,21+,23-,24-,25-,27-/m1/s1. The molecule has 5 rings (SSSR count). The van der Waals surface area contributed by atoms with Gasteiger partial charge in [-0.25, -0.2) is 0 Å². The maximum Gasteiger partial charge on any atom is 0.311 e. The smallest absolute Gasteiger partial charge is 0.311 e. The summed E-state index contributed by atoms with van der Waals surface area (Å²) in [7, 11) is 0. The molecule has 2 aliphatic carbocycles. The minimum absolute atomic E-state index is 0.0951. The number of allylic oxidation sites excluding steroid dienone is 1. The van der Waals surface area contributed by atoms with Crippen LogP contribution in [0.25, 0.3) is 0 Å². The van der Waals surface area contributed by atoms with Gasteiger partial charge in [-0.1, -0.05) is 37.6 Å². The maximum absolute atomic E-state index is 12.9. The van der Waals surface area contributed by atoms with Gasteiger partial charge in [-0.2, -0.15) is 0 Å². The van der Waals surface area contributed by atoms with E-state index in [1.54, 1.807) is 0 Å². The highest BCUT2D eigenvalue weighted by molar-refractivity contribution is 5.76. The van der Waals surface area contributed by atoms with Crippen LogP contribution in [0.5, 0.6) is 0 Å². The van der Waals surface area contributed by atoms with Crippen molar-refractivity contribution in [2.75, 3.05) is 37.6 Å². The summed E-state index contributed by atoms with van der Waals surface area (Å²) in [6.07, 6.45) is 4.59. The summed E-state index contributed by atoms with van der Waals surface area (Å²) in [5.41, 5.74) is 5.01. The van der Waals surface area contributed by atoms with E-state index in [-0.39, 0.29) is 29.3 Å². The normalized spacial score (nSPS) is 37.5. The number of anilines is 1. The van der Waals surface area contributed by atoms with Gasteiger partial charge in [0.05, 0.1) is 12.0 Å². The van der Waals surface area contributed by atoms with Gasteiger partial charge in [-0.3, -0.25) is 9.69 Å². The van der Waals surface area contributed by atoms with Crippen LogP contribution >= 0.6 is 0 Å². The van der Waals surface area contributed by atoms with Gasteiger partial charge < -0.3 is 14.7 Å². The van der Waals surface area contributed by atoms with Gasteiger partial charge >= 0.3 is 5.97 Å². The summed E-state index contributed by atoms with van der Waals surface area (Å²) >= 11 is 0. The van der Waals surface area contributed by atoms with Crippen LogP contribution in [0.3, 0.4) is 0 Å². The van der Waals surface area contributed by atoms with Crippen LogP contribution in [-0.2, 0) is 9.53 Å². The first kappa shape index (κ1) is 22.0. The molecule has 0 aromatic heterocycles. The molecule has 0 spiro atoms. The van der Waals surface area contributed by atoms with E-state index in [4.69, 9.17) is 4.74 Å². The van der Waals surface area contributed by atoms with Gasteiger partial charge in [0.1, 0.15) is 6.10 Å². The summed E-state index contributed by atoms with van der Waals surface area (Å²) in [5.74, 6) is -0.000529. The summed E-state index contributed by atoms with van der Waals surface area (Å²) in [5, 5.41) is 11.6. The number of benzene rings is 1. The first-order valence-corrected chi connectivity index (χ1v) is 12.4. The van der Waals surface area contributed by atoms with Crippen molar-refractivity contribution in [1.82, 2.24) is 4.90 Å². The molecule has 2 aliphatic heterocycles. The minimum atomic E-state index is -0.518. The minimum Gasteiger partial charge on any atom is -0.461 e. The van der Waals surface area contributed by atoms with E-state index in [2.05, 4.69) is 61.8 Å². The summed E-state index contributed by atoms with van der Waals surface area (Å²) < 4.78 is 5.86. The highest BCUT2D eigenvalue weighted by atomic mass is 16.6. The van der Waals surface area contributed by atoms with E-state index in [1.807, 2.05) is 0 Å². The van der Waals surface area contributed by atoms with E-state index in [0.717, 1.165) is 45.4 Å². The SMILES string of the molecule is Cc1ccc(C)c(N2CCN(C[C@@H]3C(=O)O[C@@H]4CC5=CCC[C@@H](C)[C@@]5(C)[C@H](O)[C@H]34)CC2)c1. The third-order valence-corrected chi connectivity index (χ3v) is 9.10. The lowest BCUT2D eigenvalue weighted by molar-refractivity contribution is -0.145. The van der Waals surface area contributed by atoms with Gasteiger partial charge in [0.15, 0.2) is 0 Å². The number of ether oxygens (including phenoxy) is 1. The molecule has 5 nitrogen and oxygen atoms in total. The number of aryl methyl sites for hydroxylation is 2. The number of carbonyl (C=O) groups excluding carboxylic acids is 1. The van der Waals surface area contributed by atoms with Gasteiger partial charge in [-0.05, 0) is 49.8 Å². The van der Waals surface area contributed by atoms with E-state index >= 15 is 0 Å². The van der Waals surface area contributed by atoms with Crippen LogP contribution < -0.4 is 4.90 Å². The van der Waals surface area contributed by atoms with Crippen LogP contribution in [-0.4, -0.2) is 60.9 Å². The number of rotatable bonds is 3. The zero-order valence-electron chi connectivity index (χ0n) is 20.0. The van der Waals surface area contributed by atoms with E-state index in [0.29, 0.717) is 12.5 Å². The molecule has 0 amide bonds. The quantitative estimate of drug-likeness (QED) is 0.576. The second-order valence-electron chi connectivity index (χ2n) is 10.9. The fourth-order valence-electron chi connectivity index (χ4n) is 6.78. The second kappa shape index (κ2) is 8.18. The molecule has 0 unspecified atom stereocenters. The van der Waals surface area contributed by atoms with Crippen LogP contribution in [0, 0.1) is 37.0 Å². The second-order valence-corrected chi connectivity index (χ2v) is 10.9. The first-order chi connectivity index (χ1) is 15.3. The Labute approximate surface area is 192 Å². The lowest BCUT2D eigenvalue weighted by Crippen LogP contribution is -2.55. The third-order valence-electron chi connectivity index (χ3n) is 9.10. The van der Waals surface area contributed by atoms with Crippen molar-refractivity contribution >= 4 is 11.7 Å². The van der Waals surface area contributed by atoms with Crippen LogP contribution in [0.2, 0.25) is 0 Å². The molecule has 2 saturated heterocycles. The Morgan fingerprint density at radius 3 is 2.69 bits per heavy atom. The molecular weight excluding hydrogens is 400 g/mol. The Kier molecular flexibility index (Phi) is 5.61. The summed E-state index contributed by atoms with van der Waals surface area (Å²) in [6, 6.07) is 6.64. The largest absolute Gasteiger partial charge is 0.461 e. The molecule has 2 heterocycles. The predicted molar refractivity (Wildman–Crippen MR) is 127 cm³/mol. The monoisotopic (exact) mass is 438 g/mol. The van der Waals surface area contributed by atoms with Crippen molar-refractivity contribution in [2.45, 2.75) is 59.2 Å². The number of aliphatic hydroxyl groups excluding tert-OH is 1. The van der Waals surface area contributed by atoms with Gasteiger partial charge in [0.2, 0.25) is 0 Å². The summed E-state index contributed by atoms with van der Waals surface area (Å²) in [4.78, 5) is 17.8. The molecule has 1 N–H and O–H groups in total. The van der Waals surface area contributed by atoms with Crippen molar-refractivity contribution < 1.29 is 14.6 Å². The fourth-order valence-corrected chi connectivity index (χ4v) is 6.78. The number of piperazine rings is 1. The Hall–Kier alpha value is -1.85. The lowest BCUT2D eigenvalue weighted by Gasteiger charge is -2.52. The average molecular weight is 439 g/mol. The van der Waals surface area contributed by atoms with Crippen molar-refractivity contribution in [2.24, 2.45) is 23.2 Å². The number of esters is 1. The molecule has 0 bridgehead atoms. The predicted octanol–water partition coefficient (Wildman–Crippen LogP) is 3.71. The highest BCUT2D eigenvalue weighted by Gasteiger charge is 2.59. The van der Waals surface area contributed by atoms with Crippen LogP contribution in [0.15, 0.2) is 29.8 Å². The van der Waals surface area contributed by atoms with Gasteiger partial charge in [0, 0.05) is 56.2 Å². The van der Waals surface area contributed by atoms with Gasteiger partial charge in [-0.15, -0.1) is 0 Å². The van der Waals surface area contributed by atoms with E-state index < -0.39 is 6.10 Å². The molecule has 1 saturated carbocycles. The summed E-state index contributed by atoms with van der Waals surface area (Å²) in [6.45, 7) is 13.3. The Balaban J connectivity index is 1.28. The molecule has 3 fully saturated rings. The number of hydrogen-bond donors (Lipinski definition) is 1. The molecule has 4 aliphatic rings. The average Bonchev–Trinajstić information content (AvgIpc) is 3.08. The number of nitrogens with zero attached hydrogens (tertiary/aromatic N) is 2. The topological polar surface area (TPSA) is 53.0 Å². The number of carbonyl (C=O) groups is 1.